The zero-order valence-corrected chi connectivity index (χ0v) is 33.2. The highest BCUT2D eigenvalue weighted by Crippen LogP contribution is 2.47. The van der Waals surface area contributed by atoms with Crippen LogP contribution in [0.5, 0.6) is 0 Å². The summed E-state index contributed by atoms with van der Waals surface area (Å²) in [6.45, 7) is 21.9. The van der Waals surface area contributed by atoms with Gasteiger partial charge in [0, 0.05) is 11.8 Å². The van der Waals surface area contributed by atoms with E-state index in [-0.39, 0.29) is 35.5 Å². The van der Waals surface area contributed by atoms with Crippen LogP contribution in [-0.4, -0.2) is 69.1 Å². The first-order chi connectivity index (χ1) is 24.2. The van der Waals surface area contributed by atoms with Crippen molar-refractivity contribution in [2.24, 2.45) is 23.7 Å². The second kappa shape index (κ2) is 16.6. The summed E-state index contributed by atoms with van der Waals surface area (Å²) in [6, 6.07) is 23.6. The quantitative estimate of drug-likeness (QED) is 0.131. The van der Waals surface area contributed by atoms with Crippen molar-refractivity contribution in [1.82, 2.24) is 0 Å². The first-order valence-corrected chi connectivity index (χ1v) is 21.7. The van der Waals surface area contributed by atoms with Gasteiger partial charge in [-0.15, -0.1) is 0 Å². The van der Waals surface area contributed by atoms with Gasteiger partial charge in [-0.3, -0.25) is 0 Å². The molecule has 2 heterocycles. The Morgan fingerprint density at radius 1 is 0.863 bits per heavy atom. The molecule has 0 aliphatic carbocycles. The minimum Gasteiger partial charge on any atom is -0.450 e. The molecule has 0 bridgehead atoms. The predicted molar refractivity (Wildman–Crippen MR) is 203 cm³/mol. The van der Waals surface area contributed by atoms with Crippen molar-refractivity contribution in [3.63, 3.8) is 0 Å². The number of esters is 1. The predicted octanol–water partition coefficient (Wildman–Crippen LogP) is 8.75. The number of aliphatic hydroxyl groups excluding tert-OH is 1. The van der Waals surface area contributed by atoms with Crippen LogP contribution in [0.25, 0.3) is 10.8 Å². The van der Waals surface area contributed by atoms with E-state index in [0.717, 1.165) is 17.4 Å². The van der Waals surface area contributed by atoms with Crippen molar-refractivity contribution in [3.8, 4) is 0 Å². The van der Waals surface area contributed by atoms with E-state index in [0.29, 0.717) is 18.1 Å². The average Bonchev–Trinajstić information content (AvgIpc) is 3.43. The standard InChI is InChI=1S/C42H60O8Si/c1-11-27(4)35-37(38(47-39(44)32-18-13-12-14-19-32)41(48-35)50-51(9,10)42(7,8)26(2)3)49-40-29(6)36(28(5)34(24-43)46-40)45-25-30-21-22-31-17-15-16-20-33(31)23-30/h12-23,26-29,34-38,40-41,43H,11,24-25H2,1-10H3/t27-,28?,29?,34?,35?,36?,37?,38?,40?,41?/m1/s1. The molecule has 0 amide bonds. The highest BCUT2D eigenvalue weighted by Gasteiger charge is 2.56. The monoisotopic (exact) mass is 720 g/mol. The van der Waals surface area contributed by atoms with E-state index in [2.05, 4.69) is 98.8 Å². The topological polar surface area (TPSA) is 92.7 Å². The SMILES string of the molecule is CC[C@@H](C)C1OC(O[Si](C)(C)C(C)(C)C(C)C)C(OC(=O)c2ccccc2)C1OC1OC(CO)C(C)C(OCc2ccc3ccccc3c2)C1C. The smallest absolute Gasteiger partial charge is 0.338 e. The Morgan fingerprint density at radius 2 is 1.53 bits per heavy atom. The number of hydrogen-bond donors (Lipinski definition) is 1. The molecule has 2 aliphatic rings. The number of carbonyl (C=O) groups is 1. The van der Waals surface area contributed by atoms with E-state index in [1.807, 2.05) is 30.3 Å². The minimum atomic E-state index is -2.45. The molecule has 1 N–H and O–H groups in total. The summed E-state index contributed by atoms with van der Waals surface area (Å²) in [5.74, 6) is -0.338. The van der Waals surface area contributed by atoms with Crippen LogP contribution >= 0.6 is 0 Å². The van der Waals surface area contributed by atoms with E-state index < -0.39 is 51.3 Å². The van der Waals surface area contributed by atoms with Gasteiger partial charge in [-0.25, -0.2) is 4.79 Å². The Labute approximate surface area is 306 Å². The Balaban J connectivity index is 1.44. The van der Waals surface area contributed by atoms with Crippen molar-refractivity contribution in [2.75, 3.05) is 6.61 Å². The molecule has 0 radical (unpaired) electrons. The van der Waals surface area contributed by atoms with Crippen molar-refractivity contribution in [1.29, 1.82) is 0 Å². The minimum absolute atomic E-state index is 0.0656. The Bertz CT molecular complexity index is 1580. The van der Waals surface area contributed by atoms with Crippen LogP contribution in [0.2, 0.25) is 18.1 Å². The lowest BCUT2D eigenvalue weighted by Crippen LogP contribution is -2.55. The van der Waals surface area contributed by atoms with Crippen LogP contribution in [0.4, 0.5) is 0 Å². The van der Waals surface area contributed by atoms with E-state index in [1.54, 1.807) is 12.1 Å². The lowest BCUT2D eigenvalue weighted by atomic mass is 9.85. The Hall–Kier alpha value is -2.63. The van der Waals surface area contributed by atoms with Gasteiger partial charge in [-0.05, 0) is 64.5 Å². The van der Waals surface area contributed by atoms with Gasteiger partial charge >= 0.3 is 5.97 Å². The number of rotatable bonds is 14. The van der Waals surface area contributed by atoms with Gasteiger partial charge in [0.2, 0.25) is 0 Å². The van der Waals surface area contributed by atoms with E-state index in [4.69, 9.17) is 28.1 Å². The summed E-state index contributed by atoms with van der Waals surface area (Å²) in [5, 5.41) is 12.7. The molecule has 5 rings (SSSR count). The third-order valence-corrected chi connectivity index (χ3v) is 16.7. The van der Waals surface area contributed by atoms with E-state index in [9.17, 15) is 9.90 Å². The van der Waals surface area contributed by atoms with E-state index in [1.165, 1.54) is 5.39 Å². The molecule has 2 aliphatic heterocycles. The molecular weight excluding hydrogens is 661 g/mol. The van der Waals surface area contributed by atoms with Crippen LogP contribution in [0.1, 0.15) is 77.7 Å². The largest absolute Gasteiger partial charge is 0.450 e. The molecular formula is C42H60O8Si. The molecule has 0 aromatic heterocycles. The van der Waals surface area contributed by atoms with E-state index >= 15 is 0 Å². The van der Waals surface area contributed by atoms with Crippen LogP contribution in [0.3, 0.4) is 0 Å². The van der Waals surface area contributed by atoms with Gasteiger partial charge in [-0.1, -0.05) is 116 Å². The number of fused-ring (bicyclic) bond motifs is 1. The molecule has 0 saturated carbocycles. The second-order valence-electron chi connectivity index (χ2n) is 16.1. The van der Waals surface area contributed by atoms with Crippen LogP contribution < -0.4 is 0 Å². The molecule has 2 fully saturated rings. The highest BCUT2D eigenvalue weighted by atomic mass is 28.4. The molecule has 51 heavy (non-hydrogen) atoms. The molecule has 3 aromatic rings. The van der Waals surface area contributed by atoms with Crippen LogP contribution in [0, 0.1) is 23.7 Å². The zero-order valence-electron chi connectivity index (χ0n) is 32.2. The maximum absolute atomic E-state index is 13.7. The molecule has 3 aromatic carbocycles. The summed E-state index contributed by atoms with van der Waals surface area (Å²) in [4.78, 5) is 13.7. The summed E-state index contributed by atoms with van der Waals surface area (Å²) in [7, 11) is -2.45. The van der Waals surface area contributed by atoms with Crippen LogP contribution in [-0.2, 0) is 34.7 Å². The van der Waals surface area contributed by atoms with Crippen molar-refractivity contribution in [3.05, 3.63) is 83.9 Å². The molecule has 0 spiro atoms. The number of hydrogen-bond acceptors (Lipinski definition) is 8. The van der Waals surface area contributed by atoms with Gasteiger partial charge in [0.25, 0.3) is 0 Å². The number of ether oxygens (including phenoxy) is 5. The molecule has 9 unspecified atom stereocenters. The van der Waals surface area contributed by atoms with Crippen molar-refractivity contribution in [2.45, 2.75) is 130 Å². The highest BCUT2D eigenvalue weighted by molar-refractivity contribution is 6.74. The summed E-state index contributed by atoms with van der Waals surface area (Å²) < 4.78 is 40.3. The van der Waals surface area contributed by atoms with Gasteiger partial charge < -0.3 is 33.2 Å². The number of carbonyl (C=O) groups excluding carboxylic acids is 1. The normalized spacial score (nSPS) is 29.4. The molecule has 2 saturated heterocycles. The molecule has 280 valence electrons. The van der Waals surface area contributed by atoms with Gasteiger partial charge in [-0.2, -0.15) is 0 Å². The third-order valence-electron chi connectivity index (χ3n) is 12.2. The first-order valence-electron chi connectivity index (χ1n) is 18.8. The lowest BCUT2D eigenvalue weighted by molar-refractivity contribution is -0.297. The van der Waals surface area contributed by atoms with Gasteiger partial charge in [0.05, 0.1) is 37.1 Å². The lowest BCUT2D eigenvalue weighted by Gasteiger charge is -2.45. The zero-order chi connectivity index (χ0) is 37.1. The van der Waals surface area contributed by atoms with Gasteiger partial charge in [0.1, 0.15) is 6.10 Å². The number of aliphatic hydroxyl groups is 1. The fourth-order valence-electron chi connectivity index (χ4n) is 7.23. The Morgan fingerprint density at radius 3 is 2.18 bits per heavy atom. The van der Waals surface area contributed by atoms with Crippen molar-refractivity contribution >= 4 is 25.1 Å². The second-order valence-corrected chi connectivity index (χ2v) is 20.6. The third kappa shape index (κ3) is 8.62. The maximum atomic E-state index is 13.7. The van der Waals surface area contributed by atoms with Gasteiger partial charge in [0.15, 0.2) is 27.0 Å². The molecule has 9 heteroatoms. The summed E-state index contributed by atoms with van der Waals surface area (Å²) in [6.07, 6.45) is -3.51. The average molecular weight is 721 g/mol. The molecule has 8 nitrogen and oxygen atoms in total. The summed E-state index contributed by atoms with van der Waals surface area (Å²) >= 11 is 0. The van der Waals surface area contributed by atoms with Crippen LogP contribution in [0.15, 0.2) is 72.8 Å². The number of benzene rings is 3. The fraction of sp³-hybridized carbons (Fsp3) is 0.595. The summed E-state index contributed by atoms with van der Waals surface area (Å²) in [5.41, 5.74) is 1.52. The van der Waals surface area contributed by atoms with Crippen molar-refractivity contribution < 1.29 is 38.0 Å². The maximum Gasteiger partial charge on any atom is 0.338 e. The molecule has 10 atom stereocenters. The fourth-order valence-corrected chi connectivity index (χ4v) is 9.69. The Kier molecular flexibility index (Phi) is 12.9. The first kappa shape index (κ1) is 39.6.